The van der Waals surface area contributed by atoms with Gasteiger partial charge in [-0.2, -0.15) is 0 Å². The second-order valence-corrected chi connectivity index (χ2v) is 5.77. The van der Waals surface area contributed by atoms with Gasteiger partial charge in [-0.05, 0) is 49.9 Å². The Morgan fingerprint density at radius 1 is 1.50 bits per heavy atom. The van der Waals surface area contributed by atoms with Crippen molar-refractivity contribution < 1.29 is 4.39 Å². The van der Waals surface area contributed by atoms with E-state index in [2.05, 4.69) is 18.9 Å². The van der Waals surface area contributed by atoms with Crippen molar-refractivity contribution in [2.75, 3.05) is 13.6 Å². The molecule has 4 atom stereocenters. The van der Waals surface area contributed by atoms with E-state index in [9.17, 15) is 4.39 Å². The fourth-order valence-corrected chi connectivity index (χ4v) is 2.79. The van der Waals surface area contributed by atoms with Gasteiger partial charge in [0, 0.05) is 18.6 Å². The first kappa shape index (κ1) is 13.5. The van der Waals surface area contributed by atoms with Crippen LogP contribution in [0.3, 0.4) is 0 Å². The molecule has 1 aliphatic carbocycles. The van der Waals surface area contributed by atoms with Crippen LogP contribution in [0, 0.1) is 17.7 Å². The molecule has 0 amide bonds. The van der Waals surface area contributed by atoms with E-state index in [4.69, 9.17) is 5.73 Å². The third-order valence-corrected chi connectivity index (χ3v) is 3.96. The van der Waals surface area contributed by atoms with Gasteiger partial charge in [-0.3, -0.25) is 4.90 Å². The van der Waals surface area contributed by atoms with E-state index in [1.165, 1.54) is 12.5 Å². The fourth-order valence-electron chi connectivity index (χ4n) is 2.79. The summed E-state index contributed by atoms with van der Waals surface area (Å²) in [5, 5.41) is 0. The van der Waals surface area contributed by atoms with Crippen molar-refractivity contribution >= 4 is 0 Å². The molecule has 2 N–H and O–H groups in total. The molecule has 1 aromatic carbocycles. The van der Waals surface area contributed by atoms with E-state index in [0.717, 1.165) is 23.9 Å². The summed E-state index contributed by atoms with van der Waals surface area (Å²) in [4.78, 5) is 2.27. The predicted octanol–water partition coefficient (Wildman–Crippen LogP) is 2.80. The Kier molecular flexibility index (Phi) is 4.03. The number of hydrogen-bond acceptors (Lipinski definition) is 2. The zero-order valence-corrected chi connectivity index (χ0v) is 11.4. The molecule has 0 aromatic heterocycles. The summed E-state index contributed by atoms with van der Waals surface area (Å²) in [6.45, 7) is 5.31. The van der Waals surface area contributed by atoms with Crippen molar-refractivity contribution in [1.29, 1.82) is 0 Å². The average Bonchev–Trinajstić information content (AvgIpc) is 2.93. The molecule has 2 nitrogen and oxygen atoms in total. The molecule has 3 heteroatoms. The molecular weight excluding hydrogens is 227 g/mol. The van der Waals surface area contributed by atoms with Gasteiger partial charge >= 0.3 is 0 Å². The Morgan fingerprint density at radius 3 is 2.67 bits per heavy atom. The number of likely N-dealkylation sites (N-methyl/N-ethyl adjacent to an activating group) is 1. The lowest BCUT2D eigenvalue weighted by Crippen LogP contribution is -2.38. The lowest BCUT2D eigenvalue weighted by Gasteiger charge is -2.31. The molecule has 1 aliphatic rings. The number of benzene rings is 1. The zero-order valence-electron chi connectivity index (χ0n) is 11.4. The Bertz CT molecular complexity index is 405. The SMILES string of the molecule is CC(N)C(c1cccc(F)c1)N(C)CC1CC1C. The molecule has 0 bridgehead atoms. The van der Waals surface area contributed by atoms with E-state index in [1.807, 2.05) is 13.0 Å². The maximum Gasteiger partial charge on any atom is 0.123 e. The zero-order chi connectivity index (χ0) is 13.3. The van der Waals surface area contributed by atoms with E-state index in [0.29, 0.717) is 0 Å². The number of nitrogens with zero attached hydrogens (tertiary/aromatic N) is 1. The second-order valence-electron chi connectivity index (χ2n) is 5.77. The monoisotopic (exact) mass is 250 g/mol. The summed E-state index contributed by atoms with van der Waals surface area (Å²) >= 11 is 0. The van der Waals surface area contributed by atoms with Crippen LogP contribution in [0.1, 0.15) is 31.9 Å². The van der Waals surface area contributed by atoms with Crippen LogP contribution in [0.25, 0.3) is 0 Å². The molecule has 1 fully saturated rings. The van der Waals surface area contributed by atoms with Crippen molar-refractivity contribution in [3.8, 4) is 0 Å². The van der Waals surface area contributed by atoms with Crippen molar-refractivity contribution in [3.63, 3.8) is 0 Å². The second kappa shape index (κ2) is 5.37. The van der Waals surface area contributed by atoms with Crippen molar-refractivity contribution in [3.05, 3.63) is 35.6 Å². The highest BCUT2D eigenvalue weighted by Crippen LogP contribution is 2.39. The number of nitrogens with two attached hydrogens (primary N) is 1. The molecule has 1 aromatic rings. The molecule has 0 radical (unpaired) electrons. The van der Waals surface area contributed by atoms with Crippen LogP contribution in [-0.2, 0) is 0 Å². The fraction of sp³-hybridized carbons (Fsp3) is 0.600. The molecule has 100 valence electrons. The van der Waals surface area contributed by atoms with Crippen LogP contribution in [0.5, 0.6) is 0 Å². The van der Waals surface area contributed by atoms with Gasteiger partial charge in [0.25, 0.3) is 0 Å². The highest BCUT2D eigenvalue weighted by atomic mass is 19.1. The summed E-state index contributed by atoms with van der Waals surface area (Å²) < 4.78 is 13.3. The molecule has 4 unspecified atom stereocenters. The van der Waals surface area contributed by atoms with Crippen LogP contribution >= 0.6 is 0 Å². The summed E-state index contributed by atoms with van der Waals surface area (Å²) in [5.41, 5.74) is 7.06. The van der Waals surface area contributed by atoms with Crippen molar-refractivity contribution in [2.45, 2.75) is 32.4 Å². The molecule has 18 heavy (non-hydrogen) atoms. The summed E-state index contributed by atoms with van der Waals surface area (Å²) in [7, 11) is 2.09. The maximum absolute atomic E-state index is 13.3. The third kappa shape index (κ3) is 3.09. The van der Waals surface area contributed by atoms with Gasteiger partial charge in [-0.25, -0.2) is 4.39 Å². The van der Waals surface area contributed by atoms with Gasteiger partial charge in [-0.1, -0.05) is 19.1 Å². The van der Waals surface area contributed by atoms with Gasteiger partial charge in [0.1, 0.15) is 5.82 Å². The maximum atomic E-state index is 13.3. The lowest BCUT2D eigenvalue weighted by atomic mass is 9.99. The van der Waals surface area contributed by atoms with Crippen LogP contribution in [0.4, 0.5) is 4.39 Å². The Morgan fingerprint density at radius 2 is 2.17 bits per heavy atom. The normalized spacial score (nSPS) is 26.1. The molecule has 1 saturated carbocycles. The van der Waals surface area contributed by atoms with E-state index in [1.54, 1.807) is 12.1 Å². The summed E-state index contributed by atoms with van der Waals surface area (Å²) in [6.07, 6.45) is 1.30. The molecular formula is C15H23FN2. The summed E-state index contributed by atoms with van der Waals surface area (Å²) in [5.74, 6) is 1.42. The van der Waals surface area contributed by atoms with Crippen molar-refractivity contribution in [2.24, 2.45) is 17.6 Å². The largest absolute Gasteiger partial charge is 0.326 e. The van der Waals surface area contributed by atoms with E-state index in [-0.39, 0.29) is 17.9 Å². The first-order chi connectivity index (χ1) is 8.49. The minimum atomic E-state index is -0.189. The van der Waals surface area contributed by atoms with Crippen LogP contribution in [0.2, 0.25) is 0 Å². The minimum Gasteiger partial charge on any atom is -0.326 e. The predicted molar refractivity (Wildman–Crippen MR) is 72.7 cm³/mol. The van der Waals surface area contributed by atoms with Gasteiger partial charge < -0.3 is 5.73 Å². The topological polar surface area (TPSA) is 29.3 Å². The van der Waals surface area contributed by atoms with Gasteiger partial charge in [-0.15, -0.1) is 0 Å². The quantitative estimate of drug-likeness (QED) is 0.870. The first-order valence-corrected chi connectivity index (χ1v) is 6.70. The molecule has 0 aliphatic heterocycles. The number of rotatable bonds is 5. The molecule has 0 spiro atoms. The lowest BCUT2D eigenvalue weighted by molar-refractivity contribution is 0.207. The van der Waals surface area contributed by atoms with Crippen LogP contribution in [0.15, 0.2) is 24.3 Å². The number of hydrogen-bond donors (Lipinski definition) is 1. The standard InChI is InChI=1S/C15H23FN2/c1-10-7-13(10)9-18(3)15(11(2)17)12-5-4-6-14(16)8-12/h4-6,8,10-11,13,15H,7,9,17H2,1-3H3. The molecule has 0 heterocycles. The Labute approximate surface area is 109 Å². The van der Waals surface area contributed by atoms with E-state index >= 15 is 0 Å². The van der Waals surface area contributed by atoms with Gasteiger partial charge in [0.2, 0.25) is 0 Å². The Balaban J connectivity index is 2.12. The Hall–Kier alpha value is -0.930. The van der Waals surface area contributed by atoms with Crippen molar-refractivity contribution in [1.82, 2.24) is 4.90 Å². The average molecular weight is 250 g/mol. The smallest absolute Gasteiger partial charge is 0.123 e. The highest BCUT2D eigenvalue weighted by Gasteiger charge is 2.35. The minimum absolute atomic E-state index is 0.00847. The number of halogens is 1. The molecule has 0 saturated heterocycles. The molecule has 2 rings (SSSR count). The first-order valence-electron chi connectivity index (χ1n) is 6.70. The van der Waals surface area contributed by atoms with Crippen LogP contribution < -0.4 is 5.73 Å². The van der Waals surface area contributed by atoms with Crippen LogP contribution in [-0.4, -0.2) is 24.5 Å². The summed E-state index contributed by atoms with van der Waals surface area (Å²) in [6, 6.07) is 6.88. The van der Waals surface area contributed by atoms with Gasteiger partial charge in [0.05, 0.1) is 0 Å². The third-order valence-electron chi connectivity index (χ3n) is 3.96. The van der Waals surface area contributed by atoms with E-state index < -0.39 is 0 Å². The highest BCUT2D eigenvalue weighted by molar-refractivity contribution is 5.21. The van der Waals surface area contributed by atoms with Gasteiger partial charge in [0.15, 0.2) is 0 Å².